The molecule has 0 atom stereocenters. The Hall–Kier alpha value is -1.55. The number of benzene rings is 1. The highest BCUT2D eigenvalue weighted by Gasteiger charge is 2.26. The second-order valence-electron chi connectivity index (χ2n) is 5.36. The maximum absolute atomic E-state index is 12.2. The summed E-state index contributed by atoms with van der Waals surface area (Å²) in [6.07, 6.45) is 2.62. The molecule has 0 bridgehead atoms. The van der Waals surface area contributed by atoms with Crippen molar-refractivity contribution < 1.29 is 9.59 Å². The fourth-order valence-corrected chi connectivity index (χ4v) is 2.93. The van der Waals surface area contributed by atoms with Gasteiger partial charge in [0, 0.05) is 37.5 Å². The minimum Gasteiger partial charge on any atom is -0.359 e. The molecule has 4 nitrogen and oxygen atoms in total. The summed E-state index contributed by atoms with van der Waals surface area (Å²) in [5, 5.41) is 3.39. The number of piperidine rings is 1. The number of rotatable bonds is 4. The molecule has 2 rings (SSSR count). The zero-order valence-electron chi connectivity index (χ0n) is 12.3. The van der Waals surface area contributed by atoms with Crippen LogP contribution < -0.4 is 5.32 Å². The molecular formula is C16H21ClN2O2. The maximum atomic E-state index is 12.2. The third kappa shape index (κ3) is 4.21. The molecule has 1 aromatic carbocycles. The number of nitrogens with zero attached hydrogens (tertiary/aromatic N) is 1. The molecule has 1 N–H and O–H groups in total. The molecule has 1 fully saturated rings. The van der Waals surface area contributed by atoms with Crippen LogP contribution in [0.25, 0.3) is 0 Å². The maximum Gasteiger partial charge on any atom is 0.222 e. The molecule has 2 amide bonds. The van der Waals surface area contributed by atoms with E-state index in [0.717, 1.165) is 18.4 Å². The highest BCUT2D eigenvalue weighted by Crippen LogP contribution is 2.20. The fourth-order valence-electron chi connectivity index (χ4n) is 2.70. The predicted octanol–water partition coefficient (Wildman–Crippen LogP) is 2.26. The number of carbonyl (C=O) groups excluding carboxylic acids is 2. The predicted molar refractivity (Wildman–Crippen MR) is 83.1 cm³/mol. The summed E-state index contributed by atoms with van der Waals surface area (Å²) in [7, 11) is 1.66. The van der Waals surface area contributed by atoms with Crippen LogP contribution in [-0.4, -0.2) is 36.9 Å². The first-order valence-corrected chi connectivity index (χ1v) is 7.72. The first kappa shape index (κ1) is 15.8. The van der Waals surface area contributed by atoms with Gasteiger partial charge in [-0.15, -0.1) is 0 Å². The smallest absolute Gasteiger partial charge is 0.222 e. The normalized spacial score (nSPS) is 15.8. The first-order chi connectivity index (χ1) is 10.1. The molecule has 5 heteroatoms. The Morgan fingerprint density at radius 1 is 1.29 bits per heavy atom. The molecule has 0 radical (unpaired) electrons. The lowest BCUT2D eigenvalue weighted by Crippen LogP contribution is -2.42. The summed E-state index contributed by atoms with van der Waals surface area (Å²) in [4.78, 5) is 25.6. The van der Waals surface area contributed by atoms with Crippen molar-refractivity contribution in [3.05, 3.63) is 34.9 Å². The molecule has 1 saturated heterocycles. The Kier molecular flexibility index (Phi) is 5.62. The monoisotopic (exact) mass is 308 g/mol. The molecule has 0 spiro atoms. The van der Waals surface area contributed by atoms with Crippen LogP contribution in [-0.2, 0) is 16.0 Å². The molecule has 1 aromatic rings. The van der Waals surface area contributed by atoms with Gasteiger partial charge in [-0.3, -0.25) is 9.59 Å². The summed E-state index contributed by atoms with van der Waals surface area (Å²) in [6, 6.07) is 7.61. The summed E-state index contributed by atoms with van der Waals surface area (Å²) in [5.41, 5.74) is 1.01. The number of likely N-dealkylation sites (tertiary alicyclic amines) is 1. The van der Waals surface area contributed by atoms with Gasteiger partial charge >= 0.3 is 0 Å². The van der Waals surface area contributed by atoms with E-state index in [2.05, 4.69) is 5.32 Å². The molecule has 0 aliphatic carbocycles. The highest BCUT2D eigenvalue weighted by molar-refractivity contribution is 6.31. The molecule has 1 heterocycles. The zero-order chi connectivity index (χ0) is 15.2. The summed E-state index contributed by atoms with van der Waals surface area (Å²) < 4.78 is 0. The number of carbonyl (C=O) groups is 2. The Morgan fingerprint density at radius 3 is 2.57 bits per heavy atom. The van der Waals surface area contributed by atoms with Gasteiger partial charge in [-0.2, -0.15) is 0 Å². The summed E-state index contributed by atoms with van der Waals surface area (Å²) in [5.74, 6) is 0.270. The largest absolute Gasteiger partial charge is 0.359 e. The van der Waals surface area contributed by atoms with Gasteiger partial charge in [-0.25, -0.2) is 0 Å². The Morgan fingerprint density at radius 2 is 1.95 bits per heavy atom. The van der Waals surface area contributed by atoms with Crippen molar-refractivity contribution in [2.75, 3.05) is 20.1 Å². The minimum absolute atomic E-state index is 0.0441. The summed E-state index contributed by atoms with van der Waals surface area (Å²) >= 11 is 6.09. The minimum atomic E-state index is 0.0441. The lowest BCUT2D eigenvalue weighted by atomic mass is 9.95. The Balaban J connectivity index is 1.80. The van der Waals surface area contributed by atoms with Gasteiger partial charge in [-0.1, -0.05) is 29.8 Å². The van der Waals surface area contributed by atoms with Crippen LogP contribution in [0.3, 0.4) is 0 Å². The van der Waals surface area contributed by atoms with E-state index in [1.807, 2.05) is 29.2 Å². The number of aryl methyl sites for hydroxylation is 1. The highest BCUT2D eigenvalue weighted by atomic mass is 35.5. The Labute approximate surface area is 130 Å². The quantitative estimate of drug-likeness (QED) is 0.927. The van der Waals surface area contributed by atoms with E-state index in [1.165, 1.54) is 0 Å². The van der Waals surface area contributed by atoms with Crippen molar-refractivity contribution in [2.24, 2.45) is 5.92 Å². The van der Waals surface area contributed by atoms with Crippen LogP contribution in [0.4, 0.5) is 0 Å². The van der Waals surface area contributed by atoms with E-state index < -0.39 is 0 Å². The molecule has 0 unspecified atom stereocenters. The van der Waals surface area contributed by atoms with Crippen LogP contribution in [0.1, 0.15) is 24.8 Å². The molecule has 1 aliphatic rings. The van der Waals surface area contributed by atoms with Crippen LogP contribution in [0.5, 0.6) is 0 Å². The van der Waals surface area contributed by atoms with Crippen LogP contribution in [0, 0.1) is 5.92 Å². The SMILES string of the molecule is CNC(=O)C1CCN(C(=O)CCc2ccccc2Cl)CC1. The fraction of sp³-hybridized carbons (Fsp3) is 0.500. The lowest BCUT2D eigenvalue weighted by Gasteiger charge is -2.31. The van der Waals surface area contributed by atoms with E-state index in [1.54, 1.807) is 7.05 Å². The summed E-state index contributed by atoms with van der Waals surface area (Å²) in [6.45, 7) is 1.33. The van der Waals surface area contributed by atoms with Gasteiger partial charge in [0.25, 0.3) is 0 Å². The number of hydrogen-bond donors (Lipinski definition) is 1. The van der Waals surface area contributed by atoms with Crippen LogP contribution in [0.2, 0.25) is 5.02 Å². The number of nitrogens with one attached hydrogen (secondary N) is 1. The van der Waals surface area contributed by atoms with Gasteiger partial charge < -0.3 is 10.2 Å². The van der Waals surface area contributed by atoms with Crippen molar-refractivity contribution in [2.45, 2.75) is 25.7 Å². The number of amides is 2. The van der Waals surface area contributed by atoms with Crippen molar-refractivity contribution in [1.82, 2.24) is 10.2 Å². The standard InChI is InChI=1S/C16H21ClN2O2/c1-18-16(21)13-8-10-19(11-9-13)15(20)7-6-12-4-2-3-5-14(12)17/h2-5,13H,6-11H2,1H3,(H,18,21). The van der Waals surface area contributed by atoms with Gasteiger partial charge in [0.1, 0.15) is 0 Å². The molecular weight excluding hydrogens is 288 g/mol. The van der Waals surface area contributed by atoms with Crippen LogP contribution in [0.15, 0.2) is 24.3 Å². The van der Waals surface area contributed by atoms with Gasteiger partial charge in [0.05, 0.1) is 0 Å². The van der Waals surface area contributed by atoms with E-state index in [0.29, 0.717) is 31.0 Å². The second-order valence-corrected chi connectivity index (χ2v) is 5.77. The average Bonchev–Trinajstić information content (AvgIpc) is 2.53. The Bertz CT molecular complexity index is 511. The van der Waals surface area contributed by atoms with E-state index in [9.17, 15) is 9.59 Å². The van der Waals surface area contributed by atoms with Gasteiger partial charge in [0.15, 0.2) is 0 Å². The zero-order valence-corrected chi connectivity index (χ0v) is 13.0. The van der Waals surface area contributed by atoms with E-state index >= 15 is 0 Å². The van der Waals surface area contributed by atoms with Crippen molar-refractivity contribution in [1.29, 1.82) is 0 Å². The van der Waals surface area contributed by atoms with Gasteiger partial charge in [-0.05, 0) is 30.9 Å². The first-order valence-electron chi connectivity index (χ1n) is 7.34. The average molecular weight is 309 g/mol. The molecule has 0 saturated carbocycles. The topological polar surface area (TPSA) is 49.4 Å². The van der Waals surface area contributed by atoms with Crippen molar-refractivity contribution in [3.8, 4) is 0 Å². The third-order valence-corrected chi connectivity index (χ3v) is 4.40. The molecule has 1 aliphatic heterocycles. The second kappa shape index (κ2) is 7.46. The number of halogens is 1. The van der Waals surface area contributed by atoms with Gasteiger partial charge in [0.2, 0.25) is 11.8 Å². The van der Waals surface area contributed by atoms with Crippen LogP contribution >= 0.6 is 11.6 Å². The van der Waals surface area contributed by atoms with Crippen molar-refractivity contribution >= 4 is 23.4 Å². The molecule has 0 aromatic heterocycles. The van der Waals surface area contributed by atoms with Crippen molar-refractivity contribution in [3.63, 3.8) is 0 Å². The molecule has 21 heavy (non-hydrogen) atoms. The third-order valence-electron chi connectivity index (χ3n) is 4.03. The lowest BCUT2D eigenvalue weighted by molar-refractivity contribution is -0.135. The van der Waals surface area contributed by atoms with E-state index in [-0.39, 0.29) is 17.7 Å². The molecule has 114 valence electrons. The number of hydrogen-bond acceptors (Lipinski definition) is 2. The van der Waals surface area contributed by atoms with E-state index in [4.69, 9.17) is 11.6 Å².